The second kappa shape index (κ2) is 4.91. The van der Waals surface area contributed by atoms with Crippen molar-refractivity contribution in [3.63, 3.8) is 0 Å². The Morgan fingerprint density at radius 1 is 1.33 bits per heavy atom. The molecule has 0 saturated carbocycles. The van der Waals surface area contributed by atoms with Crippen LogP contribution >= 0.6 is 0 Å². The minimum absolute atomic E-state index is 0.104. The van der Waals surface area contributed by atoms with Gasteiger partial charge in [0.15, 0.2) is 0 Å². The lowest BCUT2D eigenvalue weighted by Gasteiger charge is -1.98. The van der Waals surface area contributed by atoms with Gasteiger partial charge in [-0.1, -0.05) is 44.0 Å². The first kappa shape index (κ1) is 10.9. The molecular weight excluding hydrogens is 190 g/mol. The molecule has 3 heteroatoms. The number of carbonyl (C=O) groups excluding carboxylic acids is 1. The van der Waals surface area contributed by atoms with E-state index in [0.29, 0.717) is 5.57 Å². The molecule has 76 valence electrons. The third-order valence-electron chi connectivity index (χ3n) is 1.62. The fourth-order valence-electron chi connectivity index (χ4n) is 0.958. The number of nitrogens with zero attached hydrogens (tertiary/aromatic N) is 1. The molecular formula is C12H11NO2. The van der Waals surface area contributed by atoms with Crippen molar-refractivity contribution in [3.8, 4) is 0 Å². The van der Waals surface area contributed by atoms with Crippen LogP contribution in [0.2, 0.25) is 0 Å². The van der Waals surface area contributed by atoms with Crippen molar-refractivity contribution in [1.82, 2.24) is 0 Å². The summed E-state index contributed by atoms with van der Waals surface area (Å²) < 4.78 is 4.90. The third-order valence-corrected chi connectivity index (χ3v) is 1.62. The van der Waals surface area contributed by atoms with Crippen molar-refractivity contribution in [2.45, 2.75) is 0 Å². The number of esters is 1. The first-order chi connectivity index (χ1) is 7.19. The summed E-state index contributed by atoms with van der Waals surface area (Å²) in [7, 11) is 0. The molecule has 0 spiro atoms. The molecule has 0 radical (unpaired) electrons. The second-order valence-electron chi connectivity index (χ2n) is 2.71. The molecule has 1 rings (SSSR count). The minimum atomic E-state index is -0.521. The molecule has 0 amide bonds. The highest BCUT2D eigenvalue weighted by Gasteiger charge is 2.22. The van der Waals surface area contributed by atoms with Crippen molar-refractivity contribution in [3.05, 3.63) is 61.4 Å². The standard InChI is InChI=1S/C12H11NO2/c1-4-6-8-10(7-5-2)11-13-9(3)12(14)15-11/h4-8H,1-3H2/b8-6-,10-7+. The van der Waals surface area contributed by atoms with Gasteiger partial charge in [-0.3, -0.25) is 0 Å². The molecule has 1 aliphatic rings. The van der Waals surface area contributed by atoms with Crippen LogP contribution in [-0.2, 0) is 9.53 Å². The van der Waals surface area contributed by atoms with E-state index in [-0.39, 0.29) is 11.6 Å². The van der Waals surface area contributed by atoms with Gasteiger partial charge in [0.05, 0.1) is 0 Å². The summed E-state index contributed by atoms with van der Waals surface area (Å²) in [6, 6.07) is 0. The van der Waals surface area contributed by atoms with Crippen LogP contribution in [0.5, 0.6) is 0 Å². The predicted molar refractivity (Wildman–Crippen MR) is 60.3 cm³/mol. The van der Waals surface area contributed by atoms with Crippen LogP contribution in [0.3, 0.4) is 0 Å². The molecule has 0 aromatic carbocycles. The van der Waals surface area contributed by atoms with Gasteiger partial charge < -0.3 is 4.74 Å². The van der Waals surface area contributed by atoms with E-state index in [9.17, 15) is 4.79 Å². The fraction of sp³-hybridized carbons (Fsp3) is 0. The van der Waals surface area contributed by atoms with E-state index in [4.69, 9.17) is 4.74 Å². The topological polar surface area (TPSA) is 38.7 Å². The molecule has 0 saturated heterocycles. The van der Waals surface area contributed by atoms with E-state index in [1.165, 1.54) is 0 Å². The molecule has 0 atom stereocenters. The number of ether oxygens (including phenoxy) is 1. The third kappa shape index (κ3) is 2.64. The monoisotopic (exact) mass is 201 g/mol. The van der Waals surface area contributed by atoms with E-state index in [0.717, 1.165) is 0 Å². The Balaban J connectivity index is 2.97. The van der Waals surface area contributed by atoms with E-state index >= 15 is 0 Å². The quantitative estimate of drug-likeness (QED) is 0.397. The zero-order valence-corrected chi connectivity index (χ0v) is 8.27. The summed E-state index contributed by atoms with van der Waals surface area (Å²) in [5.41, 5.74) is 0.754. The first-order valence-corrected chi connectivity index (χ1v) is 4.31. The summed E-state index contributed by atoms with van der Waals surface area (Å²) in [6.07, 6.45) is 8.32. The average molecular weight is 201 g/mol. The number of carbonyl (C=O) groups is 1. The molecule has 0 aromatic rings. The van der Waals surface area contributed by atoms with Gasteiger partial charge in [0.2, 0.25) is 5.90 Å². The van der Waals surface area contributed by atoms with Crippen molar-refractivity contribution < 1.29 is 9.53 Å². The maximum absolute atomic E-state index is 11.0. The van der Waals surface area contributed by atoms with Crippen LogP contribution in [0, 0.1) is 0 Å². The fourth-order valence-corrected chi connectivity index (χ4v) is 0.958. The zero-order valence-electron chi connectivity index (χ0n) is 8.27. The van der Waals surface area contributed by atoms with E-state index in [1.807, 2.05) is 0 Å². The smallest absolute Gasteiger partial charge is 0.363 e. The molecule has 3 nitrogen and oxygen atoms in total. The van der Waals surface area contributed by atoms with Gasteiger partial charge in [-0.2, -0.15) is 0 Å². The second-order valence-corrected chi connectivity index (χ2v) is 2.71. The Morgan fingerprint density at radius 2 is 2.07 bits per heavy atom. The molecule has 1 heterocycles. The number of hydrogen-bond donors (Lipinski definition) is 0. The van der Waals surface area contributed by atoms with E-state index in [1.54, 1.807) is 30.4 Å². The van der Waals surface area contributed by atoms with Gasteiger partial charge >= 0.3 is 5.97 Å². The Kier molecular flexibility index (Phi) is 3.57. The van der Waals surface area contributed by atoms with Crippen LogP contribution in [0.4, 0.5) is 0 Å². The van der Waals surface area contributed by atoms with E-state index in [2.05, 4.69) is 24.7 Å². The zero-order chi connectivity index (χ0) is 11.3. The van der Waals surface area contributed by atoms with Gasteiger partial charge in [0.1, 0.15) is 5.70 Å². The lowest BCUT2D eigenvalue weighted by Crippen LogP contribution is -2.05. The summed E-state index contributed by atoms with van der Waals surface area (Å²) in [6.45, 7) is 10.6. The number of hydrogen-bond acceptors (Lipinski definition) is 3. The largest absolute Gasteiger partial charge is 0.402 e. The van der Waals surface area contributed by atoms with Crippen LogP contribution in [-0.4, -0.2) is 11.9 Å². The average Bonchev–Trinajstić information content (AvgIpc) is 2.54. The van der Waals surface area contributed by atoms with Gasteiger partial charge in [0.25, 0.3) is 0 Å². The maximum Gasteiger partial charge on any atom is 0.363 e. The number of rotatable bonds is 4. The Hall–Kier alpha value is -2.16. The number of allylic oxidation sites excluding steroid dienone is 4. The molecule has 0 unspecified atom stereocenters. The molecule has 1 aliphatic heterocycles. The minimum Gasteiger partial charge on any atom is -0.402 e. The van der Waals surface area contributed by atoms with Gasteiger partial charge in [0, 0.05) is 5.57 Å². The lowest BCUT2D eigenvalue weighted by atomic mass is 10.2. The normalized spacial score (nSPS) is 16.5. The van der Waals surface area contributed by atoms with Gasteiger partial charge in [-0.05, 0) is 6.08 Å². The Labute approximate surface area is 88.5 Å². The molecule has 0 fully saturated rings. The van der Waals surface area contributed by atoms with Gasteiger partial charge in [-0.15, -0.1) is 0 Å². The summed E-state index contributed by atoms with van der Waals surface area (Å²) in [5, 5.41) is 0. The molecule has 0 N–H and O–H groups in total. The summed E-state index contributed by atoms with van der Waals surface area (Å²) >= 11 is 0. The van der Waals surface area contributed by atoms with Crippen LogP contribution in [0.15, 0.2) is 66.4 Å². The van der Waals surface area contributed by atoms with Gasteiger partial charge in [-0.25, -0.2) is 9.79 Å². The van der Waals surface area contributed by atoms with Crippen molar-refractivity contribution in [2.75, 3.05) is 0 Å². The summed E-state index contributed by atoms with van der Waals surface area (Å²) in [5.74, 6) is -0.282. The van der Waals surface area contributed by atoms with Crippen LogP contribution in [0.25, 0.3) is 0 Å². The molecule has 15 heavy (non-hydrogen) atoms. The Morgan fingerprint density at radius 3 is 2.53 bits per heavy atom. The first-order valence-electron chi connectivity index (χ1n) is 4.31. The highest BCUT2D eigenvalue weighted by atomic mass is 16.6. The highest BCUT2D eigenvalue weighted by molar-refractivity contribution is 6.11. The number of aliphatic imine (C=N–C) groups is 1. The van der Waals surface area contributed by atoms with Crippen molar-refractivity contribution >= 4 is 11.9 Å². The molecule has 0 aliphatic carbocycles. The SMILES string of the molecule is C=C/C=C\C(=C/C=C)C1=NC(=C)C(=O)O1. The molecule has 0 bridgehead atoms. The number of cyclic esters (lactones) is 1. The highest BCUT2D eigenvalue weighted by Crippen LogP contribution is 2.14. The predicted octanol–water partition coefficient (Wildman–Crippen LogP) is 2.31. The van der Waals surface area contributed by atoms with Crippen LogP contribution < -0.4 is 0 Å². The van der Waals surface area contributed by atoms with Crippen LogP contribution in [0.1, 0.15) is 0 Å². The van der Waals surface area contributed by atoms with E-state index < -0.39 is 5.97 Å². The Bertz CT molecular complexity index is 411. The maximum atomic E-state index is 11.0. The molecule has 0 aromatic heterocycles. The summed E-state index contributed by atoms with van der Waals surface area (Å²) in [4.78, 5) is 14.9. The lowest BCUT2D eigenvalue weighted by molar-refractivity contribution is -0.129. The van der Waals surface area contributed by atoms with Crippen molar-refractivity contribution in [2.24, 2.45) is 4.99 Å². The van der Waals surface area contributed by atoms with Crippen molar-refractivity contribution in [1.29, 1.82) is 0 Å².